The first-order chi connectivity index (χ1) is 30.4. The maximum atomic E-state index is 13.5. The molecule has 16 heteroatoms. The lowest BCUT2D eigenvalue weighted by molar-refractivity contribution is 0.0590. The molecule has 0 aromatic heterocycles. The van der Waals surface area contributed by atoms with E-state index in [2.05, 4.69) is 10.6 Å². The van der Waals surface area contributed by atoms with Crippen molar-refractivity contribution in [3.63, 3.8) is 0 Å². The van der Waals surface area contributed by atoms with Crippen molar-refractivity contribution in [2.45, 2.75) is 50.6 Å². The van der Waals surface area contributed by atoms with Gasteiger partial charge in [0, 0.05) is 72.3 Å². The highest BCUT2D eigenvalue weighted by molar-refractivity contribution is 7.86. The third-order valence-corrected chi connectivity index (χ3v) is 12.6. The maximum Gasteiger partial charge on any atom is 0.294 e. The van der Waals surface area contributed by atoms with Crippen molar-refractivity contribution < 1.29 is 45.1 Å². The summed E-state index contributed by atoms with van der Waals surface area (Å²) >= 11 is 0. The van der Waals surface area contributed by atoms with Gasteiger partial charge in [0.2, 0.25) is 0 Å². The fourth-order valence-corrected chi connectivity index (χ4v) is 8.21. The number of carbonyl (C=O) groups is 4. The highest BCUT2D eigenvalue weighted by Crippen LogP contribution is 2.37. The Morgan fingerprint density at radius 3 is 1.02 bits per heavy atom. The average Bonchev–Trinajstić information content (AvgIpc) is 3.25. The zero-order valence-electron chi connectivity index (χ0n) is 35.7. The second-order valence-electron chi connectivity index (χ2n) is 15.4. The lowest BCUT2D eigenvalue weighted by Crippen LogP contribution is -2.46. The Balaban J connectivity index is 0.000000252. The van der Waals surface area contributed by atoms with Gasteiger partial charge in [0.05, 0.1) is 9.79 Å². The van der Waals surface area contributed by atoms with Gasteiger partial charge in [0.25, 0.3) is 43.9 Å². The molecule has 2 aliphatic rings. The monoisotopic (exact) mass is 904 g/mol. The Labute approximate surface area is 372 Å². The standard InChI is InChI=1S/C34H32N4O4.2C7H8O3S/c1-21-7-3-5-9-23(21)19-35-15-17-37-31(39)25-11-13-27-30-28(14-12-26(29(25)30)32(37)40)34(42)38(33(27)41)18-16-36-20-24-10-6-4-8-22(24)2;2*1-6-2-4-7(5-3-6)11(8,9)10/h3-14,35-36H,15-20H2,1-2H3;2*2-5H,1H3,(H,8,9,10). The third kappa shape index (κ3) is 10.8. The molecule has 0 atom stereocenters. The number of aryl methyl sites for hydroxylation is 4. The van der Waals surface area contributed by atoms with Gasteiger partial charge < -0.3 is 10.6 Å². The molecule has 0 radical (unpaired) electrons. The van der Waals surface area contributed by atoms with Crippen LogP contribution >= 0.6 is 0 Å². The van der Waals surface area contributed by atoms with Gasteiger partial charge in [0.1, 0.15) is 0 Å². The van der Waals surface area contributed by atoms with Gasteiger partial charge >= 0.3 is 0 Å². The predicted octanol–water partition coefficient (Wildman–Crippen LogP) is 6.71. The molecule has 6 aromatic carbocycles. The predicted molar refractivity (Wildman–Crippen MR) is 242 cm³/mol. The molecule has 0 spiro atoms. The Morgan fingerprint density at radius 1 is 0.438 bits per heavy atom. The van der Waals surface area contributed by atoms with Crippen LogP contribution < -0.4 is 10.6 Å². The summed E-state index contributed by atoms with van der Waals surface area (Å²) < 4.78 is 59.1. The number of nitrogens with zero attached hydrogens (tertiary/aromatic N) is 2. The van der Waals surface area contributed by atoms with Gasteiger partial charge in [-0.25, -0.2) is 0 Å². The molecule has 64 heavy (non-hydrogen) atoms. The lowest BCUT2D eigenvalue weighted by Gasteiger charge is -2.32. The maximum absolute atomic E-state index is 13.5. The molecule has 0 saturated carbocycles. The SMILES string of the molecule is Cc1ccc(S(=O)(=O)O)cc1.Cc1ccc(S(=O)(=O)O)cc1.Cc1ccccc1CNCCN1C(=O)c2ccc3c4c(ccc(c24)C1=O)C(=O)N(CCNCc1ccccc1C)C3=O. The lowest BCUT2D eigenvalue weighted by atomic mass is 9.86. The number of rotatable bonds is 12. The minimum atomic E-state index is -4.02. The van der Waals surface area contributed by atoms with Gasteiger partial charge in [-0.1, -0.05) is 83.9 Å². The summed E-state index contributed by atoms with van der Waals surface area (Å²) in [6, 6.07) is 34.5. The van der Waals surface area contributed by atoms with Crippen molar-refractivity contribution in [3.8, 4) is 0 Å². The molecule has 2 aliphatic heterocycles. The molecule has 6 aromatic rings. The van der Waals surface area contributed by atoms with E-state index in [0.717, 1.165) is 22.3 Å². The second kappa shape index (κ2) is 20.0. The molecule has 332 valence electrons. The highest BCUT2D eigenvalue weighted by atomic mass is 32.2. The molecule has 2 heterocycles. The van der Waals surface area contributed by atoms with Crippen molar-refractivity contribution >= 4 is 54.6 Å². The Hall–Kier alpha value is -6.40. The molecule has 0 fully saturated rings. The van der Waals surface area contributed by atoms with Crippen LogP contribution in [0, 0.1) is 27.7 Å². The van der Waals surface area contributed by atoms with E-state index in [0.29, 0.717) is 59.2 Å². The van der Waals surface area contributed by atoms with E-state index >= 15 is 0 Å². The number of hydrogen-bond donors (Lipinski definition) is 4. The number of benzene rings is 6. The highest BCUT2D eigenvalue weighted by Gasteiger charge is 2.39. The molecule has 4 N–H and O–H groups in total. The van der Waals surface area contributed by atoms with Crippen molar-refractivity contribution in [2.24, 2.45) is 0 Å². The molecule has 8 rings (SSSR count). The van der Waals surface area contributed by atoms with Crippen LogP contribution in [0.3, 0.4) is 0 Å². The summed E-state index contributed by atoms with van der Waals surface area (Å²) in [6.07, 6.45) is 0. The van der Waals surface area contributed by atoms with E-state index in [4.69, 9.17) is 9.11 Å². The number of imide groups is 2. The van der Waals surface area contributed by atoms with Crippen molar-refractivity contribution in [1.82, 2.24) is 20.4 Å². The van der Waals surface area contributed by atoms with Crippen LogP contribution in [0.2, 0.25) is 0 Å². The molecule has 0 bridgehead atoms. The van der Waals surface area contributed by atoms with E-state index in [1.165, 1.54) is 45.2 Å². The fourth-order valence-electron chi connectivity index (χ4n) is 7.25. The van der Waals surface area contributed by atoms with Crippen LogP contribution in [0.25, 0.3) is 10.8 Å². The molecular formula is C48H48N4O10S2. The molecule has 0 unspecified atom stereocenters. The van der Waals surface area contributed by atoms with E-state index in [9.17, 15) is 36.0 Å². The van der Waals surface area contributed by atoms with Crippen LogP contribution in [0.1, 0.15) is 74.8 Å². The van der Waals surface area contributed by atoms with Gasteiger partial charge in [0.15, 0.2) is 0 Å². The van der Waals surface area contributed by atoms with E-state index < -0.39 is 43.9 Å². The first-order valence-electron chi connectivity index (χ1n) is 20.3. The molecule has 4 amide bonds. The van der Waals surface area contributed by atoms with Crippen LogP contribution in [-0.4, -0.2) is 85.5 Å². The molecule has 0 aliphatic carbocycles. The zero-order chi connectivity index (χ0) is 46.3. The number of nitrogens with one attached hydrogen (secondary N) is 2. The van der Waals surface area contributed by atoms with Crippen LogP contribution in [-0.2, 0) is 33.3 Å². The van der Waals surface area contributed by atoms with Crippen LogP contribution in [0.4, 0.5) is 0 Å². The summed E-state index contributed by atoms with van der Waals surface area (Å²) in [6.45, 7) is 10.3. The van der Waals surface area contributed by atoms with Gasteiger partial charge in [-0.05, 0) is 98.5 Å². The normalized spacial score (nSPS) is 13.3. The number of hydrogen-bond acceptors (Lipinski definition) is 10. The molecular weight excluding hydrogens is 857 g/mol. The zero-order valence-corrected chi connectivity index (χ0v) is 37.3. The summed E-state index contributed by atoms with van der Waals surface area (Å²) in [5.74, 6) is -1.68. The van der Waals surface area contributed by atoms with E-state index in [-0.39, 0.29) is 22.9 Å². The minimum absolute atomic E-state index is 0.0666. The van der Waals surface area contributed by atoms with Crippen molar-refractivity contribution in [1.29, 1.82) is 0 Å². The Morgan fingerprint density at radius 2 is 0.734 bits per heavy atom. The van der Waals surface area contributed by atoms with E-state index in [1.54, 1.807) is 48.5 Å². The quantitative estimate of drug-likeness (QED) is 0.0574. The largest absolute Gasteiger partial charge is 0.311 e. The smallest absolute Gasteiger partial charge is 0.294 e. The van der Waals surface area contributed by atoms with Crippen molar-refractivity contribution in [3.05, 3.63) is 177 Å². The first-order valence-corrected chi connectivity index (χ1v) is 23.2. The van der Waals surface area contributed by atoms with Gasteiger partial charge in [-0.3, -0.25) is 38.1 Å². The van der Waals surface area contributed by atoms with Crippen molar-refractivity contribution in [2.75, 3.05) is 26.2 Å². The van der Waals surface area contributed by atoms with Gasteiger partial charge in [-0.2, -0.15) is 16.8 Å². The Bertz CT molecular complexity index is 2700. The summed E-state index contributed by atoms with van der Waals surface area (Å²) in [5.41, 5.74) is 7.89. The average molecular weight is 905 g/mol. The van der Waals surface area contributed by atoms with E-state index in [1.807, 2.05) is 76.2 Å². The Kier molecular flexibility index (Phi) is 14.7. The van der Waals surface area contributed by atoms with Crippen LogP contribution in [0.15, 0.2) is 131 Å². The number of amides is 4. The topological polar surface area (TPSA) is 208 Å². The first kappa shape index (κ1) is 47.1. The van der Waals surface area contributed by atoms with Crippen LogP contribution in [0.5, 0.6) is 0 Å². The second-order valence-corrected chi connectivity index (χ2v) is 18.2. The molecule has 0 saturated heterocycles. The summed E-state index contributed by atoms with van der Waals surface area (Å²) in [4.78, 5) is 56.3. The van der Waals surface area contributed by atoms with Gasteiger partial charge in [-0.15, -0.1) is 0 Å². The summed E-state index contributed by atoms with van der Waals surface area (Å²) in [7, 11) is -8.04. The fraction of sp³-hybridized carbons (Fsp3) is 0.208. The third-order valence-electron chi connectivity index (χ3n) is 10.9. The minimum Gasteiger partial charge on any atom is -0.311 e. The number of carbonyl (C=O) groups excluding carboxylic acids is 4. The molecule has 14 nitrogen and oxygen atoms in total. The summed E-state index contributed by atoms with van der Waals surface area (Å²) in [5, 5.41) is 7.42.